The molecule has 2 aromatic rings. The predicted molar refractivity (Wildman–Crippen MR) is 120 cm³/mol. The molecule has 0 bridgehead atoms. The van der Waals surface area contributed by atoms with Gasteiger partial charge in [0.1, 0.15) is 5.75 Å². The van der Waals surface area contributed by atoms with Crippen LogP contribution in [0.1, 0.15) is 31.1 Å². The van der Waals surface area contributed by atoms with E-state index in [0.29, 0.717) is 44.1 Å². The van der Waals surface area contributed by atoms with Gasteiger partial charge >= 0.3 is 0 Å². The van der Waals surface area contributed by atoms with Crippen LogP contribution < -0.4 is 15.0 Å². The van der Waals surface area contributed by atoms with E-state index in [4.69, 9.17) is 4.74 Å². The summed E-state index contributed by atoms with van der Waals surface area (Å²) in [5.74, 6) is 1.12. The summed E-state index contributed by atoms with van der Waals surface area (Å²) in [5.41, 5.74) is 0.668. The number of nitrogens with zero attached hydrogens (tertiary/aromatic N) is 4. The summed E-state index contributed by atoms with van der Waals surface area (Å²) in [6.07, 6.45) is 0. The zero-order valence-corrected chi connectivity index (χ0v) is 19.1. The Bertz CT molecular complexity index is 848. The van der Waals surface area contributed by atoms with E-state index in [0.717, 1.165) is 15.2 Å². The number of hydrogen-bond donors (Lipinski definition) is 1. The van der Waals surface area contributed by atoms with Gasteiger partial charge in [0.05, 0.1) is 12.4 Å². The minimum atomic E-state index is -0.00633. The molecule has 1 fully saturated rings. The molecule has 162 valence electrons. The standard InChI is InChI=1S/C20H27N5O3S2/c1-4-28-16-7-5-15(6-8-16)18(27)24-9-11-25(12-10-24)19-22-23-20(30-19)29-13-17(26)21-14(2)3/h5-8,14H,4,9-13H2,1-3H3,(H,21,26). The molecule has 1 aliphatic heterocycles. The summed E-state index contributed by atoms with van der Waals surface area (Å²) in [5, 5.41) is 12.1. The second-order valence-electron chi connectivity index (χ2n) is 7.10. The Balaban J connectivity index is 1.49. The van der Waals surface area contributed by atoms with Crippen LogP contribution >= 0.6 is 23.1 Å². The number of benzene rings is 1. The Morgan fingerprint density at radius 3 is 2.50 bits per heavy atom. The molecule has 2 heterocycles. The Kier molecular flexibility index (Phi) is 7.92. The van der Waals surface area contributed by atoms with E-state index >= 15 is 0 Å². The monoisotopic (exact) mass is 449 g/mol. The number of ether oxygens (including phenoxy) is 1. The van der Waals surface area contributed by atoms with Gasteiger partial charge in [0.25, 0.3) is 5.91 Å². The lowest BCUT2D eigenvalue weighted by molar-refractivity contribution is -0.119. The third kappa shape index (κ3) is 6.09. The molecule has 1 saturated heterocycles. The van der Waals surface area contributed by atoms with Gasteiger partial charge in [-0.1, -0.05) is 23.1 Å². The average molecular weight is 450 g/mol. The van der Waals surface area contributed by atoms with Gasteiger partial charge < -0.3 is 19.9 Å². The number of amides is 2. The highest BCUT2D eigenvalue weighted by Crippen LogP contribution is 2.28. The van der Waals surface area contributed by atoms with Crippen molar-refractivity contribution in [3.05, 3.63) is 29.8 Å². The van der Waals surface area contributed by atoms with Gasteiger partial charge in [-0.2, -0.15) is 0 Å². The molecule has 0 radical (unpaired) electrons. The van der Waals surface area contributed by atoms with Gasteiger partial charge in [0.15, 0.2) is 4.34 Å². The van der Waals surface area contributed by atoms with Crippen LogP contribution in [0.4, 0.5) is 5.13 Å². The fourth-order valence-corrected chi connectivity index (χ4v) is 4.73. The van der Waals surface area contributed by atoms with Gasteiger partial charge in [-0.3, -0.25) is 9.59 Å². The fourth-order valence-electron chi connectivity index (χ4n) is 3.02. The molecule has 0 unspecified atom stereocenters. The van der Waals surface area contributed by atoms with Crippen molar-refractivity contribution in [3.8, 4) is 5.75 Å². The second-order valence-corrected chi connectivity index (χ2v) is 9.28. The van der Waals surface area contributed by atoms with Crippen LogP contribution in [0.2, 0.25) is 0 Å². The first-order valence-corrected chi connectivity index (χ1v) is 11.8. The molecular weight excluding hydrogens is 422 g/mol. The summed E-state index contributed by atoms with van der Waals surface area (Å²) in [6.45, 7) is 9.08. The molecule has 1 aromatic heterocycles. The molecule has 1 aliphatic rings. The number of carbonyl (C=O) groups is 2. The third-order valence-electron chi connectivity index (χ3n) is 4.42. The van der Waals surface area contributed by atoms with Crippen molar-refractivity contribution in [1.82, 2.24) is 20.4 Å². The molecule has 1 aromatic carbocycles. The number of rotatable bonds is 8. The highest BCUT2D eigenvalue weighted by atomic mass is 32.2. The maximum atomic E-state index is 12.7. The van der Waals surface area contributed by atoms with E-state index < -0.39 is 0 Å². The first-order valence-electron chi connectivity index (χ1n) is 9.99. The van der Waals surface area contributed by atoms with E-state index in [1.165, 1.54) is 23.1 Å². The Morgan fingerprint density at radius 2 is 1.87 bits per heavy atom. The van der Waals surface area contributed by atoms with Crippen LogP contribution in [0.5, 0.6) is 5.75 Å². The van der Waals surface area contributed by atoms with E-state index in [1.54, 1.807) is 0 Å². The molecule has 0 aliphatic carbocycles. The molecule has 2 amide bonds. The van der Waals surface area contributed by atoms with Crippen molar-refractivity contribution < 1.29 is 14.3 Å². The summed E-state index contributed by atoms with van der Waals surface area (Å²) in [4.78, 5) is 28.5. The number of carbonyl (C=O) groups excluding carboxylic acids is 2. The minimum absolute atomic E-state index is 0.00633. The molecule has 8 nitrogen and oxygen atoms in total. The molecule has 1 N–H and O–H groups in total. The molecular formula is C20H27N5O3S2. The molecule has 3 rings (SSSR count). The van der Waals surface area contributed by atoms with Crippen LogP contribution in [0, 0.1) is 0 Å². The van der Waals surface area contributed by atoms with Crippen molar-refractivity contribution >= 4 is 40.0 Å². The lowest BCUT2D eigenvalue weighted by Gasteiger charge is -2.34. The first-order chi connectivity index (χ1) is 14.5. The highest BCUT2D eigenvalue weighted by molar-refractivity contribution is 8.01. The topological polar surface area (TPSA) is 87.7 Å². The van der Waals surface area contributed by atoms with Crippen molar-refractivity contribution in [2.24, 2.45) is 0 Å². The zero-order valence-electron chi connectivity index (χ0n) is 17.5. The van der Waals surface area contributed by atoms with Gasteiger partial charge in [-0.05, 0) is 45.0 Å². The van der Waals surface area contributed by atoms with Crippen LogP contribution in [0.3, 0.4) is 0 Å². The summed E-state index contributed by atoms with van der Waals surface area (Å²) >= 11 is 2.88. The Labute approximate surface area is 185 Å². The Hall–Kier alpha value is -2.33. The van der Waals surface area contributed by atoms with Gasteiger partial charge in [0.2, 0.25) is 11.0 Å². The third-order valence-corrected chi connectivity index (χ3v) is 6.54. The quantitative estimate of drug-likeness (QED) is 0.620. The van der Waals surface area contributed by atoms with Gasteiger partial charge in [-0.25, -0.2) is 0 Å². The molecule has 0 atom stereocenters. The number of aromatic nitrogens is 2. The minimum Gasteiger partial charge on any atom is -0.494 e. The number of piperazine rings is 1. The summed E-state index contributed by atoms with van der Waals surface area (Å²) < 4.78 is 6.21. The van der Waals surface area contributed by atoms with Gasteiger partial charge in [-0.15, -0.1) is 10.2 Å². The maximum Gasteiger partial charge on any atom is 0.253 e. The smallest absolute Gasteiger partial charge is 0.253 e. The molecule has 0 spiro atoms. The predicted octanol–water partition coefficient (Wildman–Crippen LogP) is 2.52. The summed E-state index contributed by atoms with van der Waals surface area (Å²) in [6, 6.07) is 7.40. The van der Waals surface area contributed by atoms with E-state index in [9.17, 15) is 9.59 Å². The summed E-state index contributed by atoms with van der Waals surface area (Å²) in [7, 11) is 0. The first kappa shape index (κ1) is 22.4. The average Bonchev–Trinajstić information content (AvgIpc) is 3.21. The maximum absolute atomic E-state index is 12.7. The van der Waals surface area contributed by atoms with Gasteiger partial charge in [0, 0.05) is 37.8 Å². The fraction of sp³-hybridized carbons (Fsp3) is 0.500. The van der Waals surface area contributed by atoms with E-state index in [-0.39, 0.29) is 17.9 Å². The van der Waals surface area contributed by atoms with Crippen molar-refractivity contribution in [1.29, 1.82) is 0 Å². The molecule has 0 saturated carbocycles. The van der Waals surface area contributed by atoms with Crippen LogP contribution in [-0.2, 0) is 4.79 Å². The SMILES string of the molecule is CCOc1ccc(C(=O)N2CCN(c3nnc(SCC(=O)NC(C)C)s3)CC2)cc1. The van der Waals surface area contributed by atoms with Crippen molar-refractivity contribution in [2.45, 2.75) is 31.2 Å². The molecule has 30 heavy (non-hydrogen) atoms. The largest absolute Gasteiger partial charge is 0.494 e. The van der Waals surface area contributed by atoms with E-state index in [1.807, 2.05) is 49.9 Å². The lowest BCUT2D eigenvalue weighted by Crippen LogP contribution is -2.48. The normalized spacial score (nSPS) is 14.1. The zero-order chi connectivity index (χ0) is 21.5. The lowest BCUT2D eigenvalue weighted by atomic mass is 10.1. The van der Waals surface area contributed by atoms with Crippen molar-refractivity contribution in [3.63, 3.8) is 0 Å². The number of nitrogens with one attached hydrogen (secondary N) is 1. The number of thioether (sulfide) groups is 1. The number of hydrogen-bond acceptors (Lipinski definition) is 8. The number of anilines is 1. The van der Waals surface area contributed by atoms with Crippen molar-refractivity contribution in [2.75, 3.05) is 43.4 Å². The second kappa shape index (κ2) is 10.6. The van der Waals surface area contributed by atoms with Crippen LogP contribution in [-0.4, -0.2) is 71.5 Å². The molecule has 10 heteroatoms. The highest BCUT2D eigenvalue weighted by Gasteiger charge is 2.24. The van der Waals surface area contributed by atoms with E-state index in [2.05, 4.69) is 20.4 Å². The van der Waals surface area contributed by atoms with Crippen LogP contribution in [0.15, 0.2) is 28.6 Å². The Morgan fingerprint density at radius 1 is 1.17 bits per heavy atom. The van der Waals surface area contributed by atoms with Crippen LogP contribution in [0.25, 0.3) is 0 Å².